The maximum Gasteiger partial charge on any atom is 0.214 e. The van der Waals surface area contributed by atoms with Gasteiger partial charge < -0.3 is 4.74 Å². The van der Waals surface area contributed by atoms with Crippen LogP contribution >= 0.6 is 0 Å². The summed E-state index contributed by atoms with van der Waals surface area (Å²) >= 11 is 0. The second kappa shape index (κ2) is 6.54. The largest absolute Gasteiger partial charge is 0.497 e. The molecule has 1 N–H and O–H groups in total. The lowest BCUT2D eigenvalue weighted by Gasteiger charge is -2.38. The normalized spacial score (nSPS) is 26.1. The SMILES string of the molecule is COc1ccc([C@@]2(F)CCCC[C@H]2NS(=O)(=O)C(C)C)cc1. The summed E-state index contributed by atoms with van der Waals surface area (Å²) in [6.45, 7) is 3.19. The van der Waals surface area contributed by atoms with Crippen LogP contribution in [0.5, 0.6) is 5.75 Å². The van der Waals surface area contributed by atoms with Crippen molar-refractivity contribution in [3.8, 4) is 5.75 Å². The third kappa shape index (κ3) is 3.43. The summed E-state index contributed by atoms with van der Waals surface area (Å²) in [5, 5.41) is -0.574. The Kier molecular flexibility index (Phi) is 5.12. The highest BCUT2D eigenvalue weighted by Gasteiger charge is 2.44. The summed E-state index contributed by atoms with van der Waals surface area (Å²) in [5.41, 5.74) is -1.17. The van der Waals surface area contributed by atoms with Crippen LogP contribution in [0.1, 0.15) is 45.1 Å². The molecule has 0 aromatic heterocycles. The molecule has 22 heavy (non-hydrogen) atoms. The van der Waals surface area contributed by atoms with Gasteiger partial charge in [-0.25, -0.2) is 17.5 Å². The lowest BCUT2D eigenvalue weighted by molar-refractivity contribution is 0.0712. The van der Waals surface area contributed by atoms with Crippen LogP contribution in [0, 0.1) is 0 Å². The number of methoxy groups -OCH3 is 1. The average molecular weight is 329 g/mol. The summed E-state index contributed by atoms with van der Waals surface area (Å²) in [5.74, 6) is 0.655. The Bertz CT molecular complexity index is 600. The molecule has 1 aliphatic carbocycles. The first-order valence-electron chi connectivity index (χ1n) is 7.64. The number of alkyl halides is 1. The third-order valence-corrected chi connectivity index (χ3v) is 6.19. The third-order valence-electron chi connectivity index (χ3n) is 4.33. The van der Waals surface area contributed by atoms with E-state index in [0.29, 0.717) is 24.2 Å². The minimum Gasteiger partial charge on any atom is -0.497 e. The topological polar surface area (TPSA) is 55.4 Å². The van der Waals surface area contributed by atoms with Crippen LogP contribution in [0.3, 0.4) is 0 Å². The van der Waals surface area contributed by atoms with Gasteiger partial charge in [0.2, 0.25) is 10.0 Å². The van der Waals surface area contributed by atoms with Gasteiger partial charge in [-0.15, -0.1) is 0 Å². The van der Waals surface area contributed by atoms with Crippen molar-refractivity contribution in [1.29, 1.82) is 0 Å². The molecule has 0 amide bonds. The molecule has 1 aliphatic rings. The Hall–Kier alpha value is -1.14. The van der Waals surface area contributed by atoms with Crippen LogP contribution in [0.25, 0.3) is 0 Å². The van der Waals surface area contributed by atoms with E-state index in [1.54, 1.807) is 45.2 Å². The second-order valence-electron chi connectivity index (χ2n) is 6.10. The molecule has 1 aromatic rings. The van der Waals surface area contributed by atoms with Crippen LogP contribution in [0.4, 0.5) is 4.39 Å². The maximum atomic E-state index is 15.6. The van der Waals surface area contributed by atoms with Gasteiger partial charge in [-0.1, -0.05) is 18.6 Å². The van der Waals surface area contributed by atoms with E-state index < -0.39 is 27.0 Å². The molecule has 1 fully saturated rings. The molecule has 2 atom stereocenters. The highest BCUT2D eigenvalue weighted by atomic mass is 32.2. The van der Waals surface area contributed by atoms with Crippen molar-refractivity contribution in [2.75, 3.05) is 7.11 Å². The summed E-state index contributed by atoms with van der Waals surface area (Å²) in [6, 6.07) is 6.06. The van der Waals surface area contributed by atoms with Crippen LogP contribution in [0.15, 0.2) is 24.3 Å². The van der Waals surface area contributed by atoms with Crippen LogP contribution in [-0.4, -0.2) is 26.8 Å². The Labute approximate surface area is 132 Å². The van der Waals surface area contributed by atoms with Crippen molar-refractivity contribution in [2.45, 2.75) is 56.5 Å². The number of halogens is 1. The zero-order valence-corrected chi connectivity index (χ0v) is 14.1. The molecule has 1 aromatic carbocycles. The van der Waals surface area contributed by atoms with E-state index >= 15 is 4.39 Å². The Morgan fingerprint density at radius 1 is 1.27 bits per heavy atom. The molecule has 2 rings (SSSR count). The lowest BCUT2D eigenvalue weighted by Crippen LogP contribution is -2.51. The molecule has 0 radical (unpaired) electrons. The highest BCUT2D eigenvalue weighted by molar-refractivity contribution is 7.90. The predicted molar refractivity (Wildman–Crippen MR) is 85.2 cm³/mol. The fraction of sp³-hybridized carbons (Fsp3) is 0.625. The maximum absolute atomic E-state index is 15.6. The first kappa shape index (κ1) is 17.2. The average Bonchev–Trinajstić information content (AvgIpc) is 2.49. The standard InChI is InChI=1S/C16H24FNO3S/c1-12(2)22(19,20)18-15-6-4-5-11-16(15,17)13-7-9-14(21-3)10-8-13/h7-10,12,15,18H,4-6,11H2,1-3H3/t15-,16+/m1/s1. The van der Waals surface area contributed by atoms with E-state index in [-0.39, 0.29) is 0 Å². The summed E-state index contributed by atoms with van der Waals surface area (Å²) < 4.78 is 47.5. The molecule has 0 spiro atoms. The molecule has 1 saturated carbocycles. The smallest absolute Gasteiger partial charge is 0.214 e. The van der Waals surface area contributed by atoms with Crippen molar-refractivity contribution < 1.29 is 17.5 Å². The molecule has 0 saturated heterocycles. The number of benzene rings is 1. The summed E-state index contributed by atoms with van der Waals surface area (Å²) in [4.78, 5) is 0. The van der Waals surface area contributed by atoms with Crippen LogP contribution in [-0.2, 0) is 15.7 Å². The Morgan fingerprint density at radius 2 is 1.91 bits per heavy atom. The molecule has 6 heteroatoms. The molecule has 0 bridgehead atoms. The van der Waals surface area contributed by atoms with Gasteiger partial charge in [-0.2, -0.15) is 0 Å². The lowest BCUT2D eigenvalue weighted by atomic mass is 9.77. The number of rotatable bonds is 5. The molecule has 4 nitrogen and oxygen atoms in total. The van der Waals surface area contributed by atoms with Gasteiger partial charge in [-0.3, -0.25) is 0 Å². The highest BCUT2D eigenvalue weighted by Crippen LogP contribution is 2.41. The van der Waals surface area contributed by atoms with E-state index in [4.69, 9.17) is 4.74 Å². The van der Waals surface area contributed by atoms with Crippen LogP contribution in [0.2, 0.25) is 0 Å². The zero-order chi connectivity index (χ0) is 16.4. The Morgan fingerprint density at radius 3 is 2.45 bits per heavy atom. The fourth-order valence-corrected chi connectivity index (χ4v) is 3.81. The van der Waals surface area contributed by atoms with Crippen molar-refractivity contribution in [3.05, 3.63) is 29.8 Å². The quantitative estimate of drug-likeness (QED) is 0.903. The summed E-state index contributed by atoms with van der Waals surface area (Å²) in [7, 11) is -1.95. The number of hydrogen-bond donors (Lipinski definition) is 1. The molecule has 0 heterocycles. The zero-order valence-electron chi connectivity index (χ0n) is 13.3. The summed E-state index contributed by atoms with van der Waals surface area (Å²) in [6.07, 6.45) is 2.41. The Balaban J connectivity index is 2.31. The van der Waals surface area contributed by atoms with Crippen molar-refractivity contribution in [2.24, 2.45) is 0 Å². The molecular formula is C16H24FNO3S. The van der Waals surface area contributed by atoms with Crippen molar-refractivity contribution >= 4 is 10.0 Å². The molecule has 0 aliphatic heterocycles. The van der Waals surface area contributed by atoms with Gasteiger partial charge >= 0.3 is 0 Å². The monoisotopic (exact) mass is 329 g/mol. The van der Waals surface area contributed by atoms with Crippen molar-refractivity contribution in [3.63, 3.8) is 0 Å². The molecule has 0 unspecified atom stereocenters. The van der Waals surface area contributed by atoms with E-state index in [0.717, 1.165) is 12.8 Å². The van der Waals surface area contributed by atoms with E-state index in [9.17, 15) is 8.42 Å². The minimum absolute atomic E-state index is 0.324. The van der Waals surface area contributed by atoms with Gasteiger partial charge in [0.15, 0.2) is 5.67 Å². The first-order chi connectivity index (χ1) is 10.3. The minimum atomic E-state index is -3.50. The van der Waals surface area contributed by atoms with Gasteiger partial charge in [0.25, 0.3) is 0 Å². The fourth-order valence-electron chi connectivity index (χ4n) is 2.83. The van der Waals surface area contributed by atoms with Gasteiger partial charge in [-0.05, 0) is 50.8 Å². The van der Waals surface area contributed by atoms with E-state index in [1.165, 1.54) is 0 Å². The number of hydrogen-bond acceptors (Lipinski definition) is 3. The van der Waals surface area contributed by atoms with Crippen molar-refractivity contribution in [1.82, 2.24) is 4.72 Å². The first-order valence-corrected chi connectivity index (χ1v) is 9.19. The molecule has 124 valence electrons. The van der Waals surface area contributed by atoms with Gasteiger partial charge in [0.1, 0.15) is 5.75 Å². The van der Waals surface area contributed by atoms with E-state index in [1.807, 2.05) is 0 Å². The van der Waals surface area contributed by atoms with Gasteiger partial charge in [0.05, 0.1) is 18.4 Å². The number of ether oxygens (including phenoxy) is 1. The second-order valence-corrected chi connectivity index (χ2v) is 8.37. The van der Waals surface area contributed by atoms with E-state index in [2.05, 4.69) is 4.72 Å². The predicted octanol–water partition coefficient (Wildman–Crippen LogP) is 3.13. The number of sulfonamides is 1. The van der Waals surface area contributed by atoms with Gasteiger partial charge in [0, 0.05) is 0 Å². The number of nitrogens with one attached hydrogen (secondary N) is 1. The molecular weight excluding hydrogens is 305 g/mol. The van der Waals surface area contributed by atoms with Crippen LogP contribution < -0.4 is 9.46 Å².